The van der Waals surface area contributed by atoms with Gasteiger partial charge in [0, 0.05) is 38.6 Å². The Hall–Kier alpha value is -0.460. The van der Waals surface area contributed by atoms with Crippen molar-refractivity contribution in [1.29, 1.82) is 0 Å². The molecule has 2 heterocycles. The van der Waals surface area contributed by atoms with Crippen molar-refractivity contribution in [3.63, 3.8) is 0 Å². The molecular weight excluding hydrogens is 473 g/mol. The van der Waals surface area contributed by atoms with Crippen molar-refractivity contribution < 1.29 is 8.42 Å². The molecular formula is C15H28IN5O2S2. The fraction of sp³-hybridized carbons (Fsp3) is 0.733. The molecule has 1 aromatic rings. The Bertz CT molecular complexity index is 649. The van der Waals surface area contributed by atoms with Crippen LogP contribution in [0.25, 0.3) is 0 Å². The van der Waals surface area contributed by atoms with E-state index in [9.17, 15) is 8.42 Å². The van der Waals surface area contributed by atoms with Gasteiger partial charge in [0.2, 0.25) is 0 Å². The summed E-state index contributed by atoms with van der Waals surface area (Å²) in [7, 11) is -0.812. The van der Waals surface area contributed by atoms with Crippen molar-refractivity contribution in [1.82, 2.24) is 20.1 Å². The first-order valence-corrected chi connectivity index (χ1v) is 10.9. The fourth-order valence-electron chi connectivity index (χ4n) is 2.54. The number of halogens is 1. The molecule has 1 aromatic heterocycles. The first-order valence-electron chi connectivity index (χ1n) is 8.23. The summed E-state index contributed by atoms with van der Waals surface area (Å²) in [6.07, 6.45) is 0. The molecule has 0 radical (unpaired) electrons. The van der Waals surface area contributed by atoms with Crippen LogP contribution < -0.4 is 5.32 Å². The van der Waals surface area contributed by atoms with Gasteiger partial charge in [-0.15, -0.1) is 35.3 Å². The second kappa shape index (κ2) is 10.6. The van der Waals surface area contributed by atoms with Crippen molar-refractivity contribution in [2.45, 2.75) is 20.4 Å². The quantitative estimate of drug-likeness (QED) is 0.359. The molecule has 1 aliphatic rings. The van der Waals surface area contributed by atoms with Crippen LogP contribution in [-0.4, -0.2) is 80.4 Å². The number of sulfone groups is 1. The molecule has 7 nitrogen and oxygen atoms in total. The van der Waals surface area contributed by atoms with Crippen LogP contribution in [0.2, 0.25) is 0 Å². The average Bonchev–Trinajstić information content (AvgIpc) is 2.93. The van der Waals surface area contributed by atoms with Gasteiger partial charge in [0.25, 0.3) is 0 Å². The molecule has 0 amide bonds. The summed E-state index contributed by atoms with van der Waals surface area (Å²) in [6.45, 7) is 8.25. The first kappa shape index (κ1) is 22.6. The third-order valence-electron chi connectivity index (χ3n) is 3.88. The molecule has 0 bridgehead atoms. The topological polar surface area (TPSA) is 77.9 Å². The minimum atomic E-state index is -2.82. The number of thiazole rings is 1. The molecule has 1 N–H and O–H groups in total. The summed E-state index contributed by atoms with van der Waals surface area (Å²) in [5.74, 6) is 1.38. The zero-order valence-electron chi connectivity index (χ0n) is 15.1. The number of nitrogens with zero attached hydrogens (tertiary/aromatic N) is 4. The van der Waals surface area contributed by atoms with Crippen molar-refractivity contribution >= 4 is 51.1 Å². The van der Waals surface area contributed by atoms with Crippen LogP contribution in [0.4, 0.5) is 0 Å². The molecule has 2 rings (SSSR count). The lowest BCUT2D eigenvalue weighted by Crippen LogP contribution is -2.42. The van der Waals surface area contributed by atoms with Crippen molar-refractivity contribution in [3.8, 4) is 0 Å². The summed E-state index contributed by atoms with van der Waals surface area (Å²) in [4.78, 5) is 13.4. The fourth-order valence-corrected chi connectivity index (χ4v) is 4.42. The van der Waals surface area contributed by atoms with Crippen LogP contribution >= 0.6 is 35.3 Å². The predicted octanol–water partition coefficient (Wildman–Crippen LogP) is 1.20. The van der Waals surface area contributed by atoms with Crippen molar-refractivity contribution in [2.24, 2.45) is 4.99 Å². The van der Waals surface area contributed by atoms with E-state index in [-0.39, 0.29) is 35.5 Å². The largest absolute Gasteiger partial charge is 0.357 e. The number of nitrogens with one attached hydrogen (secondary N) is 1. The summed E-state index contributed by atoms with van der Waals surface area (Å²) in [5, 5.41) is 6.44. The minimum Gasteiger partial charge on any atom is -0.357 e. The molecule has 1 fully saturated rings. The van der Waals surface area contributed by atoms with Gasteiger partial charge in [-0.2, -0.15) is 0 Å². The molecule has 10 heteroatoms. The summed E-state index contributed by atoms with van der Waals surface area (Å²) in [5.41, 5.74) is 1.05. The lowest BCUT2D eigenvalue weighted by atomic mass is 10.4. The summed E-state index contributed by atoms with van der Waals surface area (Å²) in [6, 6.07) is 0. The van der Waals surface area contributed by atoms with Crippen LogP contribution in [0.5, 0.6) is 0 Å². The first-order chi connectivity index (χ1) is 11.4. The molecule has 1 aliphatic heterocycles. The number of guanidine groups is 1. The molecule has 0 saturated carbocycles. The highest BCUT2D eigenvalue weighted by molar-refractivity contribution is 14.0. The van der Waals surface area contributed by atoms with Gasteiger partial charge < -0.3 is 10.2 Å². The Morgan fingerprint density at radius 1 is 1.44 bits per heavy atom. The smallest absolute Gasteiger partial charge is 0.194 e. The lowest BCUT2D eigenvalue weighted by Gasteiger charge is -2.26. The number of rotatable bonds is 6. The van der Waals surface area contributed by atoms with Crippen LogP contribution in [-0.2, 0) is 16.4 Å². The molecule has 0 spiro atoms. The van der Waals surface area contributed by atoms with Gasteiger partial charge in [0.15, 0.2) is 15.8 Å². The molecule has 25 heavy (non-hydrogen) atoms. The maximum Gasteiger partial charge on any atom is 0.194 e. The van der Waals surface area contributed by atoms with E-state index in [1.54, 1.807) is 11.3 Å². The highest BCUT2D eigenvalue weighted by atomic mass is 127. The predicted molar refractivity (Wildman–Crippen MR) is 115 cm³/mol. The molecule has 0 aromatic carbocycles. The van der Waals surface area contributed by atoms with Crippen LogP contribution in [0.15, 0.2) is 10.4 Å². The van der Waals surface area contributed by atoms with Crippen molar-refractivity contribution in [3.05, 3.63) is 16.1 Å². The van der Waals surface area contributed by atoms with Crippen molar-refractivity contribution in [2.75, 3.05) is 51.3 Å². The average molecular weight is 501 g/mol. The Balaban J connectivity index is 0.00000312. The lowest BCUT2D eigenvalue weighted by molar-refractivity contribution is 0.303. The number of aromatic nitrogens is 1. The SMILES string of the molecule is CCNC(=NCCN1CCS(=O)(=O)CC1)N(C)Cc1csc(C)n1.I. The number of hydrogen-bond acceptors (Lipinski definition) is 6. The second-order valence-electron chi connectivity index (χ2n) is 5.94. The molecule has 0 atom stereocenters. The second-order valence-corrected chi connectivity index (χ2v) is 9.31. The summed E-state index contributed by atoms with van der Waals surface area (Å²) >= 11 is 1.65. The highest BCUT2D eigenvalue weighted by Crippen LogP contribution is 2.10. The van der Waals surface area contributed by atoms with Gasteiger partial charge in [-0.05, 0) is 13.8 Å². The maximum absolute atomic E-state index is 11.5. The number of hydrogen-bond donors (Lipinski definition) is 1. The van der Waals surface area contributed by atoms with E-state index in [4.69, 9.17) is 0 Å². The van der Waals surface area contributed by atoms with Crippen LogP contribution in [0.3, 0.4) is 0 Å². The van der Waals surface area contributed by atoms with Gasteiger partial charge in [-0.1, -0.05) is 0 Å². The van der Waals surface area contributed by atoms with E-state index in [1.807, 2.05) is 20.9 Å². The third kappa shape index (κ3) is 7.75. The third-order valence-corrected chi connectivity index (χ3v) is 6.31. The Morgan fingerprint density at radius 3 is 2.68 bits per heavy atom. The minimum absolute atomic E-state index is 0. The molecule has 144 valence electrons. The number of aryl methyl sites for hydroxylation is 1. The van der Waals surface area contributed by atoms with Gasteiger partial charge in [-0.25, -0.2) is 13.4 Å². The molecule has 0 aliphatic carbocycles. The Morgan fingerprint density at radius 2 is 2.12 bits per heavy atom. The van der Waals surface area contributed by atoms with E-state index >= 15 is 0 Å². The zero-order valence-corrected chi connectivity index (χ0v) is 19.0. The zero-order chi connectivity index (χ0) is 17.6. The summed E-state index contributed by atoms with van der Waals surface area (Å²) < 4.78 is 22.9. The monoisotopic (exact) mass is 501 g/mol. The van der Waals surface area contributed by atoms with E-state index in [2.05, 4.69) is 30.5 Å². The van der Waals surface area contributed by atoms with E-state index in [0.717, 1.165) is 36.3 Å². The molecule has 1 saturated heterocycles. The Kier molecular flexibility index (Phi) is 9.60. The Labute approximate surface area is 171 Å². The van der Waals surface area contributed by atoms with E-state index < -0.39 is 9.84 Å². The van der Waals surface area contributed by atoms with Gasteiger partial charge in [0.05, 0.1) is 35.3 Å². The standard InChI is InChI=1S/C15H27N5O2S2.HI/c1-4-16-15(19(3)11-14-12-23-13(2)18-14)17-5-6-20-7-9-24(21,22)10-8-20;/h12H,4-11H2,1-3H3,(H,16,17);1H. The van der Waals surface area contributed by atoms with Crippen LogP contribution in [0, 0.1) is 6.92 Å². The molecule has 0 unspecified atom stereocenters. The van der Waals surface area contributed by atoms with Gasteiger partial charge >= 0.3 is 0 Å². The number of aliphatic imine (C=N–C) groups is 1. The van der Waals surface area contributed by atoms with E-state index in [0.29, 0.717) is 19.6 Å². The highest BCUT2D eigenvalue weighted by Gasteiger charge is 2.20. The maximum atomic E-state index is 11.5. The van der Waals surface area contributed by atoms with Gasteiger partial charge in [0.1, 0.15) is 0 Å². The van der Waals surface area contributed by atoms with Crippen LogP contribution in [0.1, 0.15) is 17.6 Å². The normalized spacial score (nSPS) is 17.8. The van der Waals surface area contributed by atoms with Gasteiger partial charge in [-0.3, -0.25) is 9.89 Å². The van der Waals surface area contributed by atoms with E-state index in [1.165, 1.54) is 0 Å².